The lowest BCUT2D eigenvalue weighted by atomic mass is 9.85. The normalized spacial score (nSPS) is 21.3. The van der Waals surface area contributed by atoms with Crippen LogP contribution in [0.4, 0.5) is 0 Å². The highest BCUT2D eigenvalue weighted by atomic mass is 32.2. The van der Waals surface area contributed by atoms with Gasteiger partial charge >= 0.3 is 0 Å². The number of fused-ring (bicyclic) bond motifs is 1. The molecule has 1 saturated carbocycles. The van der Waals surface area contributed by atoms with Crippen LogP contribution in [0.3, 0.4) is 0 Å². The monoisotopic (exact) mass is 275 g/mol. The van der Waals surface area contributed by atoms with Gasteiger partial charge in [0.15, 0.2) is 0 Å². The molecule has 0 bridgehead atoms. The summed E-state index contributed by atoms with van der Waals surface area (Å²) in [4.78, 5) is 1.42. The lowest BCUT2D eigenvalue weighted by Gasteiger charge is -2.27. The first kappa shape index (κ1) is 13.5. The second-order valence-corrected chi connectivity index (χ2v) is 7.25. The highest BCUT2D eigenvalue weighted by Crippen LogP contribution is 2.31. The quantitative estimate of drug-likeness (QED) is 0.834. The number of benzene rings is 1. The Kier molecular flexibility index (Phi) is 4.49. The molecule has 0 heterocycles. The van der Waals surface area contributed by atoms with E-state index in [9.17, 15) is 0 Å². The second kappa shape index (κ2) is 6.32. The fourth-order valence-corrected chi connectivity index (χ4v) is 4.58. The molecule has 0 spiro atoms. The fraction of sp³-hybridized carbons (Fsp3) is 0.647. The van der Waals surface area contributed by atoms with Gasteiger partial charge in [-0.05, 0) is 61.3 Å². The number of nitrogens with two attached hydrogens (primary N) is 1. The van der Waals surface area contributed by atoms with E-state index >= 15 is 0 Å². The summed E-state index contributed by atoms with van der Waals surface area (Å²) in [5.74, 6) is 1.86. The van der Waals surface area contributed by atoms with Crippen molar-refractivity contribution in [2.45, 2.75) is 62.3 Å². The lowest BCUT2D eigenvalue weighted by molar-refractivity contribution is 0.319. The summed E-state index contributed by atoms with van der Waals surface area (Å²) in [6.07, 6.45) is 10.8. The predicted octanol–water partition coefficient (Wildman–Crippen LogP) is 4.18. The molecule has 0 amide bonds. The SMILES string of the molecule is NC(CSc1ccc2c(c1)CCC2)C1CCCCC1. The Balaban J connectivity index is 1.53. The van der Waals surface area contributed by atoms with E-state index in [1.165, 1.54) is 56.3 Å². The van der Waals surface area contributed by atoms with Gasteiger partial charge in [0.05, 0.1) is 0 Å². The summed E-state index contributed by atoms with van der Waals surface area (Å²) in [6.45, 7) is 0. The Labute approximate surface area is 121 Å². The minimum atomic E-state index is 0.388. The molecule has 1 unspecified atom stereocenters. The molecule has 104 valence electrons. The Morgan fingerprint density at radius 2 is 1.84 bits per heavy atom. The summed E-state index contributed by atoms with van der Waals surface area (Å²) in [6, 6.07) is 7.42. The molecule has 2 N–H and O–H groups in total. The number of hydrogen-bond acceptors (Lipinski definition) is 2. The molecule has 0 aliphatic heterocycles. The molecule has 1 fully saturated rings. The molecule has 1 atom stereocenters. The van der Waals surface area contributed by atoms with Crippen molar-refractivity contribution in [1.29, 1.82) is 0 Å². The third-order valence-corrected chi connectivity index (χ3v) is 5.91. The Hall–Kier alpha value is -0.470. The van der Waals surface area contributed by atoms with E-state index < -0.39 is 0 Å². The second-order valence-electron chi connectivity index (χ2n) is 6.16. The molecular weight excluding hydrogens is 250 g/mol. The topological polar surface area (TPSA) is 26.0 Å². The summed E-state index contributed by atoms with van der Waals surface area (Å²) >= 11 is 1.96. The van der Waals surface area contributed by atoms with Crippen LogP contribution in [-0.4, -0.2) is 11.8 Å². The van der Waals surface area contributed by atoms with Crippen LogP contribution in [-0.2, 0) is 12.8 Å². The predicted molar refractivity (Wildman–Crippen MR) is 83.7 cm³/mol. The van der Waals surface area contributed by atoms with Crippen molar-refractivity contribution in [2.24, 2.45) is 11.7 Å². The minimum Gasteiger partial charge on any atom is -0.327 e. The minimum absolute atomic E-state index is 0.388. The van der Waals surface area contributed by atoms with Gasteiger partial charge in [-0.25, -0.2) is 0 Å². The molecule has 0 aromatic heterocycles. The van der Waals surface area contributed by atoms with E-state index in [2.05, 4.69) is 18.2 Å². The maximum absolute atomic E-state index is 6.39. The average molecular weight is 275 g/mol. The Morgan fingerprint density at radius 3 is 2.68 bits per heavy atom. The van der Waals surface area contributed by atoms with Crippen molar-refractivity contribution in [1.82, 2.24) is 0 Å². The highest BCUT2D eigenvalue weighted by molar-refractivity contribution is 7.99. The van der Waals surface area contributed by atoms with E-state index in [1.54, 1.807) is 11.1 Å². The zero-order valence-electron chi connectivity index (χ0n) is 11.7. The first-order chi connectivity index (χ1) is 9.33. The molecule has 2 heteroatoms. The van der Waals surface area contributed by atoms with E-state index in [0.29, 0.717) is 6.04 Å². The van der Waals surface area contributed by atoms with Gasteiger partial charge in [0.1, 0.15) is 0 Å². The highest BCUT2D eigenvalue weighted by Gasteiger charge is 2.20. The zero-order chi connectivity index (χ0) is 13.1. The van der Waals surface area contributed by atoms with Gasteiger partial charge in [-0.1, -0.05) is 25.3 Å². The van der Waals surface area contributed by atoms with Crippen LogP contribution in [0.2, 0.25) is 0 Å². The van der Waals surface area contributed by atoms with Crippen molar-refractivity contribution in [2.75, 3.05) is 5.75 Å². The Bertz CT molecular complexity index is 423. The van der Waals surface area contributed by atoms with Gasteiger partial charge in [0.25, 0.3) is 0 Å². The van der Waals surface area contributed by atoms with Crippen LogP contribution in [0.1, 0.15) is 49.7 Å². The molecule has 1 aromatic carbocycles. The lowest BCUT2D eigenvalue weighted by Crippen LogP contribution is -2.33. The molecule has 2 aliphatic rings. The van der Waals surface area contributed by atoms with E-state index in [-0.39, 0.29) is 0 Å². The summed E-state index contributed by atoms with van der Waals surface area (Å²) in [5.41, 5.74) is 9.54. The number of rotatable bonds is 4. The summed E-state index contributed by atoms with van der Waals surface area (Å²) < 4.78 is 0. The summed E-state index contributed by atoms with van der Waals surface area (Å²) in [7, 11) is 0. The third kappa shape index (κ3) is 3.35. The van der Waals surface area contributed by atoms with Gasteiger partial charge in [0.2, 0.25) is 0 Å². The maximum Gasteiger partial charge on any atom is 0.0162 e. The summed E-state index contributed by atoms with van der Waals surface area (Å²) in [5, 5.41) is 0. The molecule has 0 radical (unpaired) electrons. The van der Waals surface area contributed by atoms with Crippen molar-refractivity contribution in [3.8, 4) is 0 Å². The van der Waals surface area contributed by atoms with E-state index in [4.69, 9.17) is 5.73 Å². The number of hydrogen-bond donors (Lipinski definition) is 1. The standard InChI is InChI=1S/C17H25NS/c18-17(14-5-2-1-3-6-14)12-19-16-10-9-13-7-4-8-15(13)11-16/h9-11,14,17H,1-8,12,18H2. The largest absolute Gasteiger partial charge is 0.327 e. The third-order valence-electron chi connectivity index (χ3n) is 4.77. The van der Waals surface area contributed by atoms with Crippen molar-refractivity contribution < 1.29 is 0 Å². The Morgan fingerprint density at radius 1 is 1.05 bits per heavy atom. The first-order valence-corrected chi connectivity index (χ1v) is 8.81. The van der Waals surface area contributed by atoms with Crippen LogP contribution in [0.15, 0.2) is 23.1 Å². The van der Waals surface area contributed by atoms with Gasteiger partial charge in [-0.15, -0.1) is 11.8 Å². The van der Waals surface area contributed by atoms with E-state index in [0.717, 1.165) is 11.7 Å². The van der Waals surface area contributed by atoms with E-state index in [1.807, 2.05) is 11.8 Å². The number of aryl methyl sites for hydroxylation is 2. The smallest absolute Gasteiger partial charge is 0.0162 e. The van der Waals surface area contributed by atoms with Crippen LogP contribution in [0.5, 0.6) is 0 Å². The molecule has 3 rings (SSSR count). The van der Waals surface area contributed by atoms with Crippen molar-refractivity contribution in [3.05, 3.63) is 29.3 Å². The van der Waals surface area contributed by atoms with Crippen molar-refractivity contribution >= 4 is 11.8 Å². The van der Waals surface area contributed by atoms with Gasteiger partial charge < -0.3 is 5.73 Å². The number of thioether (sulfide) groups is 1. The molecule has 1 aromatic rings. The van der Waals surface area contributed by atoms with Crippen LogP contribution in [0, 0.1) is 5.92 Å². The molecular formula is C17H25NS. The van der Waals surface area contributed by atoms with Crippen LogP contribution < -0.4 is 5.73 Å². The molecule has 0 saturated heterocycles. The van der Waals surface area contributed by atoms with Gasteiger partial charge in [-0.2, -0.15) is 0 Å². The van der Waals surface area contributed by atoms with Crippen molar-refractivity contribution in [3.63, 3.8) is 0 Å². The molecule has 19 heavy (non-hydrogen) atoms. The maximum atomic E-state index is 6.39. The van der Waals surface area contributed by atoms with Gasteiger partial charge in [0, 0.05) is 16.7 Å². The fourth-order valence-electron chi connectivity index (χ4n) is 3.53. The van der Waals surface area contributed by atoms with Crippen LogP contribution >= 0.6 is 11.8 Å². The molecule has 1 nitrogen and oxygen atoms in total. The molecule has 2 aliphatic carbocycles. The average Bonchev–Trinajstić information content (AvgIpc) is 2.93. The zero-order valence-corrected chi connectivity index (χ0v) is 12.6. The van der Waals surface area contributed by atoms with Gasteiger partial charge in [-0.3, -0.25) is 0 Å². The van der Waals surface area contributed by atoms with Crippen LogP contribution in [0.25, 0.3) is 0 Å². The first-order valence-electron chi connectivity index (χ1n) is 7.83.